The van der Waals surface area contributed by atoms with Crippen molar-refractivity contribution in [1.82, 2.24) is 5.32 Å². The number of amides is 1. The van der Waals surface area contributed by atoms with Gasteiger partial charge in [0.15, 0.2) is 6.10 Å². The fraction of sp³-hybridized carbons (Fsp3) is 0.381. The summed E-state index contributed by atoms with van der Waals surface area (Å²) in [4.78, 5) is 12.4. The van der Waals surface area contributed by atoms with Gasteiger partial charge in [0, 0.05) is 24.1 Å². The van der Waals surface area contributed by atoms with E-state index < -0.39 is 6.10 Å². The minimum absolute atomic E-state index is 0.170. The summed E-state index contributed by atoms with van der Waals surface area (Å²) in [5, 5.41) is 2.92. The summed E-state index contributed by atoms with van der Waals surface area (Å²) >= 11 is 0. The van der Waals surface area contributed by atoms with Gasteiger partial charge in [-0.3, -0.25) is 4.79 Å². The molecule has 0 bridgehead atoms. The molecule has 1 heterocycles. The minimum atomic E-state index is -0.585. The number of carbonyl (C=O) groups excluding carboxylic acids is 1. The van der Waals surface area contributed by atoms with Crippen molar-refractivity contribution in [3.05, 3.63) is 53.6 Å². The molecule has 0 unspecified atom stereocenters. The fourth-order valence-electron chi connectivity index (χ4n) is 2.99. The van der Waals surface area contributed by atoms with Crippen molar-refractivity contribution in [3.8, 4) is 17.2 Å². The van der Waals surface area contributed by atoms with Gasteiger partial charge in [0.1, 0.15) is 23.4 Å². The average Bonchev–Trinajstić information content (AvgIpc) is 2.99. The number of rotatable bonds is 7. The molecule has 0 aromatic heterocycles. The van der Waals surface area contributed by atoms with Crippen molar-refractivity contribution in [2.45, 2.75) is 45.9 Å². The van der Waals surface area contributed by atoms with E-state index in [2.05, 4.69) is 5.32 Å². The van der Waals surface area contributed by atoms with Crippen LogP contribution in [0.25, 0.3) is 0 Å². The first-order valence-electron chi connectivity index (χ1n) is 9.01. The van der Waals surface area contributed by atoms with E-state index in [9.17, 15) is 4.79 Å². The lowest BCUT2D eigenvalue weighted by Crippen LogP contribution is -2.36. The molecule has 0 spiro atoms. The first-order chi connectivity index (χ1) is 12.6. The molecule has 0 aliphatic carbocycles. The third kappa shape index (κ3) is 4.28. The summed E-state index contributed by atoms with van der Waals surface area (Å²) in [5.74, 6) is 2.16. The zero-order valence-corrected chi connectivity index (χ0v) is 15.5. The summed E-state index contributed by atoms with van der Waals surface area (Å²) in [6, 6.07) is 13.3. The SMILES string of the molecule is CCOc1cc2c(cc1CNC(=O)[C@@H](C)Oc1ccccc1)O[C@H](C)C2. The predicted molar refractivity (Wildman–Crippen MR) is 99.8 cm³/mol. The molecule has 0 saturated heterocycles. The lowest BCUT2D eigenvalue weighted by atomic mass is 10.1. The highest BCUT2D eigenvalue weighted by atomic mass is 16.5. The smallest absolute Gasteiger partial charge is 0.261 e. The Kier molecular flexibility index (Phi) is 5.66. The minimum Gasteiger partial charge on any atom is -0.494 e. The quantitative estimate of drug-likeness (QED) is 0.826. The second kappa shape index (κ2) is 8.13. The molecule has 5 nitrogen and oxygen atoms in total. The molecule has 0 fully saturated rings. The number of ether oxygens (including phenoxy) is 3. The van der Waals surface area contributed by atoms with Crippen molar-refractivity contribution in [2.75, 3.05) is 6.61 Å². The third-order valence-electron chi connectivity index (χ3n) is 4.26. The Hall–Kier alpha value is -2.69. The van der Waals surface area contributed by atoms with Crippen LogP contribution in [-0.4, -0.2) is 24.7 Å². The van der Waals surface area contributed by atoms with Crippen molar-refractivity contribution in [1.29, 1.82) is 0 Å². The van der Waals surface area contributed by atoms with Crippen LogP contribution in [0.1, 0.15) is 31.9 Å². The molecule has 1 amide bonds. The molecule has 5 heteroatoms. The van der Waals surface area contributed by atoms with Crippen LogP contribution in [0.4, 0.5) is 0 Å². The molecule has 1 N–H and O–H groups in total. The summed E-state index contributed by atoms with van der Waals surface area (Å²) in [6.45, 7) is 6.67. The topological polar surface area (TPSA) is 56.8 Å². The highest BCUT2D eigenvalue weighted by molar-refractivity contribution is 5.80. The van der Waals surface area contributed by atoms with Crippen molar-refractivity contribution in [3.63, 3.8) is 0 Å². The highest BCUT2D eigenvalue weighted by Crippen LogP contribution is 2.35. The number of para-hydroxylation sites is 1. The molecule has 2 aromatic rings. The van der Waals surface area contributed by atoms with Gasteiger partial charge in [0.25, 0.3) is 5.91 Å². The zero-order valence-electron chi connectivity index (χ0n) is 15.5. The normalized spacial score (nSPS) is 16.3. The van der Waals surface area contributed by atoms with Crippen LogP contribution in [0.15, 0.2) is 42.5 Å². The van der Waals surface area contributed by atoms with Crippen LogP contribution in [-0.2, 0) is 17.8 Å². The van der Waals surface area contributed by atoms with Crippen molar-refractivity contribution < 1.29 is 19.0 Å². The van der Waals surface area contributed by atoms with Crippen LogP contribution < -0.4 is 19.5 Å². The Morgan fingerprint density at radius 3 is 2.81 bits per heavy atom. The van der Waals surface area contributed by atoms with E-state index in [-0.39, 0.29) is 12.0 Å². The van der Waals surface area contributed by atoms with Crippen LogP contribution in [0.3, 0.4) is 0 Å². The van der Waals surface area contributed by atoms with Gasteiger partial charge in [-0.1, -0.05) is 18.2 Å². The predicted octanol–water partition coefficient (Wildman–Crippen LogP) is 3.49. The van der Waals surface area contributed by atoms with Gasteiger partial charge in [-0.25, -0.2) is 0 Å². The van der Waals surface area contributed by atoms with Crippen LogP contribution in [0.2, 0.25) is 0 Å². The maximum Gasteiger partial charge on any atom is 0.261 e. The second-order valence-corrected chi connectivity index (χ2v) is 6.42. The number of nitrogens with one attached hydrogen (secondary N) is 1. The van der Waals surface area contributed by atoms with Gasteiger partial charge in [0.05, 0.1) is 6.61 Å². The van der Waals surface area contributed by atoms with E-state index in [0.29, 0.717) is 18.9 Å². The molecule has 2 atom stereocenters. The van der Waals surface area contributed by atoms with Crippen molar-refractivity contribution >= 4 is 5.91 Å². The molecule has 1 aliphatic heterocycles. The maximum atomic E-state index is 12.4. The summed E-state index contributed by atoms with van der Waals surface area (Å²) in [6.07, 6.45) is 0.464. The largest absolute Gasteiger partial charge is 0.494 e. The fourth-order valence-corrected chi connectivity index (χ4v) is 2.99. The van der Waals surface area contributed by atoms with Crippen LogP contribution in [0, 0.1) is 0 Å². The Labute approximate surface area is 154 Å². The Morgan fingerprint density at radius 2 is 2.08 bits per heavy atom. The molecular weight excluding hydrogens is 330 g/mol. The zero-order chi connectivity index (χ0) is 18.5. The Balaban J connectivity index is 1.65. The highest BCUT2D eigenvalue weighted by Gasteiger charge is 2.22. The second-order valence-electron chi connectivity index (χ2n) is 6.42. The first kappa shape index (κ1) is 18.1. The molecular formula is C21H25NO4. The van der Waals surface area contributed by atoms with Gasteiger partial charge < -0.3 is 19.5 Å². The van der Waals surface area contributed by atoms with E-state index in [1.54, 1.807) is 6.92 Å². The Morgan fingerprint density at radius 1 is 1.31 bits per heavy atom. The lowest BCUT2D eigenvalue weighted by molar-refractivity contribution is -0.127. The average molecular weight is 355 g/mol. The van der Waals surface area contributed by atoms with Gasteiger partial charge >= 0.3 is 0 Å². The number of fused-ring (bicyclic) bond motifs is 1. The van der Waals surface area contributed by atoms with Gasteiger partial charge in [-0.05, 0) is 45.0 Å². The van der Waals surface area contributed by atoms with E-state index >= 15 is 0 Å². The van der Waals surface area contributed by atoms with E-state index in [0.717, 1.165) is 29.0 Å². The molecule has 138 valence electrons. The number of hydrogen-bond acceptors (Lipinski definition) is 4. The third-order valence-corrected chi connectivity index (χ3v) is 4.26. The standard InChI is InChI=1S/C21H25NO4/c1-4-24-19-11-16-10-14(2)25-20(16)12-17(19)13-22-21(23)15(3)26-18-8-6-5-7-9-18/h5-9,11-12,14-15H,4,10,13H2,1-3H3,(H,22,23)/t14-,15-/m1/s1. The summed E-state index contributed by atoms with van der Waals surface area (Å²) < 4.78 is 17.2. The van der Waals surface area contributed by atoms with Gasteiger partial charge in [-0.15, -0.1) is 0 Å². The summed E-state index contributed by atoms with van der Waals surface area (Å²) in [5.41, 5.74) is 2.05. The molecule has 1 aliphatic rings. The Bertz CT molecular complexity index is 760. The maximum absolute atomic E-state index is 12.4. The first-order valence-corrected chi connectivity index (χ1v) is 9.01. The van der Waals surface area contributed by atoms with E-state index in [1.807, 2.05) is 56.3 Å². The summed E-state index contributed by atoms with van der Waals surface area (Å²) in [7, 11) is 0. The lowest BCUT2D eigenvalue weighted by Gasteiger charge is -2.16. The molecule has 0 saturated carbocycles. The van der Waals surface area contributed by atoms with Crippen LogP contribution >= 0.6 is 0 Å². The molecule has 2 aromatic carbocycles. The van der Waals surface area contributed by atoms with Gasteiger partial charge in [-0.2, -0.15) is 0 Å². The van der Waals surface area contributed by atoms with E-state index in [1.165, 1.54) is 0 Å². The monoisotopic (exact) mass is 355 g/mol. The van der Waals surface area contributed by atoms with Gasteiger partial charge in [0.2, 0.25) is 0 Å². The molecule has 0 radical (unpaired) electrons. The number of hydrogen-bond donors (Lipinski definition) is 1. The molecule has 3 rings (SSSR count). The van der Waals surface area contributed by atoms with E-state index in [4.69, 9.17) is 14.2 Å². The number of benzene rings is 2. The molecule has 26 heavy (non-hydrogen) atoms. The number of carbonyl (C=O) groups is 1. The van der Waals surface area contributed by atoms with Crippen molar-refractivity contribution in [2.24, 2.45) is 0 Å². The van der Waals surface area contributed by atoms with Crippen LogP contribution in [0.5, 0.6) is 17.2 Å².